The summed E-state index contributed by atoms with van der Waals surface area (Å²) in [7, 11) is 3.77. The van der Waals surface area contributed by atoms with E-state index in [1.807, 2.05) is 17.0 Å². The number of nitrogens with one attached hydrogen (secondary N) is 2. The van der Waals surface area contributed by atoms with Gasteiger partial charge in [0.2, 0.25) is 11.8 Å². The highest BCUT2D eigenvalue weighted by Crippen LogP contribution is 2.26. The first kappa shape index (κ1) is 22.0. The molecule has 3 aliphatic heterocycles. The number of rotatable bonds is 7. The Balaban J connectivity index is 1.28. The van der Waals surface area contributed by atoms with Gasteiger partial charge in [-0.3, -0.25) is 14.5 Å². The van der Waals surface area contributed by atoms with E-state index in [-0.39, 0.29) is 29.9 Å². The molecule has 8 nitrogen and oxygen atoms in total. The molecule has 1 aromatic carbocycles. The highest BCUT2D eigenvalue weighted by Gasteiger charge is 2.43. The predicted octanol–water partition coefficient (Wildman–Crippen LogP) is 0.280. The van der Waals surface area contributed by atoms with E-state index in [0.717, 1.165) is 57.9 Å². The van der Waals surface area contributed by atoms with Crippen molar-refractivity contribution in [3.05, 3.63) is 29.8 Å². The SMILES string of the molecule is COc1ccc(CN[C@H]2C[C@H]3C(=O)NC[C@@H](CCC(=O)N4CCN(C)CC4)N3C2)cc1. The largest absolute Gasteiger partial charge is 0.497 e. The number of nitrogens with zero attached hydrogens (tertiary/aromatic N) is 3. The second kappa shape index (κ2) is 9.97. The Bertz CT molecular complexity index is 763. The van der Waals surface area contributed by atoms with Gasteiger partial charge in [-0.05, 0) is 37.6 Å². The molecule has 0 aliphatic carbocycles. The molecule has 0 spiro atoms. The van der Waals surface area contributed by atoms with E-state index in [1.54, 1.807) is 7.11 Å². The number of likely N-dealkylation sites (N-methyl/N-ethyl adjacent to an activating group) is 1. The molecule has 170 valence electrons. The summed E-state index contributed by atoms with van der Waals surface area (Å²) in [4.78, 5) is 31.7. The van der Waals surface area contributed by atoms with Gasteiger partial charge in [-0.1, -0.05) is 12.1 Å². The second-order valence-corrected chi connectivity index (χ2v) is 9.00. The summed E-state index contributed by atoms with van der Waals surface area (Å²) in [6, 6.07) is 8.47. The molecule has 4 rings (SSSR count). The molecule has 0 bridgehead atoms. The summed E-state index contributed by atoms with van der Waals surface area (Å²) in [5.74, 6) is 1.22. The molecule has 0 saturated carbocycles. The fraction of sp³-hybridized carbons (Fsp3) is 0.652. The minimum absolute atomic E-state index is 0.0918. The topological polar surface area (TPSA) is 77.1 Å². The van der Waals surface area contributed by atoms with Crippen molar-refractivity contribution in [2.24, 2.45) is 0 Å². The smallest absolute Gasteiger partial charge is 0.237 e. The number of carbonyl (C=O) groups is 2. The number of amides is 2. The van der Waals surface area contributed by atoms with Crippen LogP contribution in [0.15, 0.2) is 24.3 Å². The molecule has 3 heterocycles. The average Bonchev–Trinajstić information content (AvgIpc) is 3.23. The first-order chi connectivity index (χ1) is 15.0. The molecular weight excluding hydrogens is 394 g/mol. The Morgan fingerprint density at radius 2 is 1.94 bits per heavy atom. The lowest BCUT2D eigenvalue weighted by atomic mass is 10.0. The van der Waals surface area contributed by atoms with E-state index < -0.39 is 0 Å². The highest BCUT2D eigenvalue weighted by atomic mass is 16.5. The van der Waals surface area contributed by atoms with Crippen molar-refractivity contribution in [2.75, 3.05) is 53.4 Å². The monoisotopic (exact) mass is 429 g/mol. The Kier molecular flexibility index (Phi) is 7.09. The molecule has 2 amide bonds. The van der Waals surface area contributed by atoms with Crippen LogP contribution in [0.2, 0.25) is 0 Å². The number of carbonyl (C=O) groups excluding carboxylic acids is 2. The summed E-state index contributed by atoms with van der Waals surface area (Å²) < 4.78 is 5.22. The molecule has 0 unspecified atom stereocenters. The third kappa shape index (κ3) is 5.37. The van der Waals surface area contributed by atoms with Crippen LogP contribution in [-0.2, 0) is 16.1 Å². The number of piperazine rings is 2. The van der Waals surface area contributed by atoms with E-state index in [4.69, 9.17) is 4.74 Å². The van der Waals surface area contributed by atoms with E-state index in [1.165, 1.54) is 5.56 Å². The number of fused-ring (bicyclic) bond motifs is 1. The molecule has 3 saturated heterocycles. The van der Waals surface area contributed by atoms with Crippen LogP contribution in [0, 0.1) is 0 Å². The van der Waals surface area contributed by atoms with Crippen LogP contribution >= 0.6 is 0 Å². The summed E-state index contributed by atoms with van der Waals surface area (Å²) in [5, 5.41) is 6.68. The van der Waals surface area contributed by atoms with Gasteiger partial charge < -0.3 is 25.2 Å². The van der Waals surface area contributed by atoms with Gasteiger partial charge in [0.25, 0.3) is 0 Å². The zero-order valence-electron chi connectivity index (χ0n) is 18.7. The van der Waals surface area contributed by atoms with Gasteiger partial charge in [-0.2, -0.15) is 0 Å². The minimum atomic E-state index is -0.0918. The van der Waals surface area contributed by atoms with Gasteiger partial charge in [-0.25, -0.2) is 0 Å². The van der Waals surface area contributed by atoms with Crippen LogP contribution in [0.4, 0.5) is 0 Å². The molecule has 31 heavy (non-hydrogen) atoms. The van der Waals surface area contributed by atoms with Crippen molar-refractivity contribution in [1.29, 1.82) is 0 Å². The van der Waals surface area contributed by atoms with E-state index in [2.05, 4.69) is 39.6 Å². The fourth-order valence-corrected chi connectivity index (χ4v) is 4.90. The Morgan fingerprint density at radius 1 is 1.19 bits per heavy atom. The summed E-state index contributed by atoms with van der Waals surface area (Å²) >= 11 is 0. The van der Waals surface area contributed by atoms with Crippen LogP contribution in [0.1, 0.15) is 24.8 Å². The third-order valence-electron chi connectivity index (χ3n) is 6.92. The minimum Gasteiger partial charge on any atom is -0.497 e. The van der Waals surface area contributed by atoms with Crippen molar-refractivity contribution >= 4 is 11.8 Å². The first-order valence-corrected chi connectivity index (χ1v) is 11.4. The van der Waals surface area contributed by atoms with Crippen molar-refractivity contribution in [2.45, 2.75) is 43.9 Å². The lowest BCUT2D eigenvalue weighted by molar-refractivity contribution is -0.133. The number of hydrogen-bond donors (Lipinski definition) is 2. The standard InChI is InChI=1S/C23H35N5O3/c1-26-9-11-27(12-10-26)22(29)8-5-19-15-25-23(30)21-13-18(16-28(19)21)24-14-17-3-6-20(31-2)7-4-17/h3-4,6-7,18-19,21,24H,5,8-16H2,1-2H3,(H,25,30)/t18-,19+,21-/m0/s1. The number of benzene rings is 1. The maximum atomic E-state index is 12.7. The van der Waals surface area contributed by atoms with Crippen LogP contribution in [-0.4, -0.2) is 98.1 Å². The Labute approximate surface area is 184 Å². The Morgan fingerprint density at radius 3 is 2.65 bits per heavy atom. The first-order valence-electron chi connectivity index (χ1n) is 11.4. The fourth-order valence-electron chi connectivity index (χ4n) is 4.90. The lowest BCUT2D eigenvalue weighted by Gasteiger charge is -2.38. The maximum absolute atomic E-state index is 12.7. The normalized spacial score (nSPS) is 27.1. The number of hydrogen-bond acceptors (Lipinski definition) is 6. The van der Waals surface area contributed by atoms with Gasteiger partial charge >= 0.3 is 0 Å². The van der Waals surface area contributed by atoms with Gasteiger partial charge in [0.1, 0.15) is 5.75 Å². The molecular formula is C23H35N5O3. The third-order valence-corrected chi connectivity index (χ3v) is 6.92. The van der Waals surface area contributed by atoms with Gasteiger partial charge in [0.05, 0.1) is 13.2 Å². The maximum Gasteiger partial charge on any atom is 0.237 e. The van der Waals surface area contributed by atoms with E-state index in [0.29, 0.717) is 13.0 Å². The predicted molar refractivity (Wildman–Crippen MR) is 119 cm³/mol. The zero-order chi connectivity index (χ0) is 21.8. The molecule has 3 atom stereocenters. The molecule has 0 aromatic heterocycles. The molecule has 1 aromatic rings. The van der Waals surface area contributed by atoms with Crippen LogP contribution < -0.4 is 15.4 Å². The van der Waals surface area contributed by atoms with Crippen LogP contribution in [0.25, 0.3) is 0 Å². The zero-order valence-corrected chi connectivity index (χ0v) is 18.7. The number of ether oxygens (including phenoxy) is 1. The van der Waals surface area contributed by atoms with Gasteiger partial charge in [-0.15, -0.1) is 0 Å². The van der Waals surface area contributed by atoms with Gasteiger partial charge in [0, 0.05) is 64.3 Å². The van der Waals surface area contributed by atoms with Crippen LogP contribution in [0.5, 0.6) is 5.75 Å². The molecule has 3 fully saturated rings. The average molecular weight is 430 g/mol. The molecule has 2 N–H and O–H groups in total. The lowest BCUT2D eigenvalue weighted by Crippen LogP contribution is -2.58. The highest BCUT2D eigenvalue weighted by molar-refractivity contribution is 5.83. The van der Waals surface area contributed by atoms with Crippen molar-refractivity contribution < 1.29 is 14.3 Å². The summed E-state index contributed by atoms with van der Waals surface area (Å²) in [6.07, 6.45) is 2.16. The van der Waals surface area contributed by atoms with Crippen molar-refractivity contribution in [3.8, 4) is 5.75 Å². The van der Waals surface area contributed by atoms with Crippen molar-refractivity contribution in [1.82, 2.24) is 25.3 Å². The second-order valence-electron chi connectivity index (χ2n) is 9.00. The van der Waals surface area contributed by atoms with E-state index >= 15 is 0 Å². The summed E-state index contributed by atoms with van der Waals surface area (Å²) in [6.45, 7) is 5.78. The molecule has 8 heteroatoms. The van der Waals surface area contributed by atoms with Crippen LogP contribution in [0.3, 0.4) is 0 Å². The van der Waals surface area contributed by atoms with Gasteiger partial charge in [0.15, 0.2) is 0 Å². The number of methoxy groups -OCH3 is 1. The molecule has 3 aliphatic rings. The van der Waals surface area contributed by atoms with E-state index in [9.17, 15) is 9.59 Å². The quantitative estimate of drug-likeness (QED) is 0.649. The Hall–Kier alpha value is -2.16. The summed E-state index contributed by atoms with van der Waals surface area (Å²) in [5.41, 5.74) is 1.20. The molecule has 0 radical (unpaired) electrons. The van der Waals surface area contributed by atoms with Crippen molar-refractivity contribution in [3.63, 3.8) is 0 Å².